The Morgan fingerprint density at radius 3 is 2.00 bits per heavy atom. The molecule has 2 rings (SSSR count). The summed E-state index contributed by atoms with van der Waals surface area (Å²) < 4.78 is 6.45. The molecule has 0 heterocycles. The highest BCUT2D eigenvalue weighted by Crippen LogP contribution is 2.74. The second-order valence-electron chi connectivity index (χ2n) is 10.2. The molecule has 22 heavy (non-hydrogen) atoms. The van der Waals surface area contributed by atoms with E-state index in [4.69, 9.17) is 4.74 Å². The number of hydrogen-bond donors (Lipinski definition) is 0. The Labute approximate surface area is 137 Å². The van der Waals surface area contributed by atoms with Crippen LogP contribution in [0.4, 0.5) is 0 Å². The van der Waals surface area contributed by atoms with E-state index in [1.807, 2.05) is 13.8 Å². The maximum absolute atomic E-state index is 12.9. The lowest BCUT2D eigenvalue weighted by Gasteiger charge is -2.55. The molecule has 0 aromatic rings. The lowest BCUT2D eigenvalue weighted by atomic mass is 9.56. The van der Waals surface area contributed by atoms with Crippen molar-refractivity contribution in [2.45, 2.75) is 93.6 Å². The largest absolute Gasteiger partial charge is 0.457 e. The van der Waals surface area contributed by atoms with Gasteiger partial charge in [-0.3, -0.25) is 4.79 Å². The summed E-state index contributed by atoms with van der Waals surface area (Å²) in [6, 6.07) is 0. The van der Waals surface area contributed by atoms with Crippen molar-refractivity contribution >= 4 is 5.97 Å². The fourth-order valence-corrected chi connectivity index (χ4v) is 5.13. The maximum atomic E-state index is 12.9. The number of carbonyl (C=O) groups is 1. The zero-order chi connectivity index (χ0) is 17.2. The van der Waals surface area contributed by atoms with Crippen molar-refractivity contribution in [3.05, 3.63) is 0 Å². The lowest BCUT2D eigenvalue weighted by molar-refractivity contribution is -0.214. The molecule has 2 nitrogen and oxygen atoms in total. The first-order chi connectivity index (χ1) is 9.75. The van der Waals surface area contributed by atoms with Crippen molar-refractivity contribution < 1.29 is 9.53 Å². The molecule has 2 bridgehead atoms. The topological polar surface area (TPSA) is 26.3 Å². The second kappa shape index (κ2) is 4.74. The number of ether oxygens (including phenoxy) is 1. The Bertz CT molecular complexity index is 469. The van der Waals surface area contributed by atoms with E-state index in [1.54, 1.807) is 0 Å². The normalized spacial score (nSPS) is 37.4. The number of carbonyl (C=O) groups excluding carboxylic acids is 1. The van der Waals surface area contributed by atoms with Crippen LogP contribution in [0.15, 0.2) is 0 Å². The van der Waals surface area contributed by atoms with Gasteiger partial charge in [-0.15, -0.1) is 0 Å². The predicted molar refractivity (Wildman–Crippen MR) is 91.6 cm³/mol. The Morgan fingerprint density at radius 1 is 1.14 bits per heavy atom. The first-order valence-corrected chi connectivity index (χ1v) is 8.99. The van der Waals surface area contributed by atoms with Gasteiger partial charge in [-0.25, -0.2) is 0 Å². The summed E-state index contributed by atoms with van der Waals surface area (Å²) in [6.45, 7) is 20.0. The van der Waals surface area contributed by atoms with Crippen molar-refractivity contribution in [1.82, 2.24) is 0 Å². The quantitative estimate of drug-likeness (QED) is 0.635. The fourth-order valence-electron chi connectivity index (χ4n) is 5.13. The summed E-state index contributed by atoms with van der Waals surface area (Å²) in [6.07, 6.45) is 4.28. The van der Waals surface area contributed by atoms with E-state index in [0.29, 0.717) is 5.92 Å². The predicted octanol–water partition coefficient (Wildman–Crippen LogP) is 5.60. The molecule has 0 amide bonds. The van der Waals surface area contributed by atoms with Crippen molar-refractivity contribution in [1.29, 1.82) is 0 Å². The number of hydrogen-bond acceptors (Lipinski definition) is 2. The lowest BCUT2D eigenvalue weighted by Crippen LogP contribution is -2.59. The summed E-state index contributed by atoms with van der Waals surface area (Å²) in [5, 5.41) is 0. The zero-order valence-corrected chi connectivity index (χ0v) is 16.2. The first kappa shape index (κ1) is 17.8. The van der Waals surface area contributed by atoms with Crippen LogP contribution in [0.2, 0.25) is 0 Å². The van der Waals surface area contributed by atoms with Crippen LogP contribution in [0.1, 0.15) is 88.0 Å². The second-order valence-corrected chi connectivity index (χ2v) is 10.2. The van der Waals surface area contributed by atoms with Crippen molar-refractivity contribution in [2.24, 2.45) is 27.6 Å². The molecule has 2 heteroatoms. The standard InChI is InChI=1S/C20H36O2/c1-10-17(5,6)15(21)22-20(16(2,3)4)13-14-11-12-19(20,9)18(14,7)8/h14H,10-13H2,1-9H3. The third-order valence-electron chi connectivity index (χ3n) is 7.78. The molecule has 0 radical (unpaired) electrons. The molecule has 2 saturated carbocycles. The van der Waals surface area contributed by atoms with Gasteiger partial charge in [0.2, 0.25) is 0 Å². The SMILES string of the molecule is CCC(C)(C)C(=O)OC1(C(C)(C)C)CC2CCC1(C)C2(C)C. The van der Waals surface area contributed by atoms with Gasteiger partial charge in [-0.1, -0.05) is 48.5 Å². The number of rotatable bonds is 3. The molecular formula is C20H36O2. The molecule has 3 atom stereocenters. The highest BCUT2D eigenvalue weighted by atomic mass is 16.6. The van der Waals surface area contributed by atoms with Crippen LogP contribution in [-0.2, 0) is 9.53 Å². The van der Waals surface area contributed by atoms with Crippen LogP contribution < -0.4 is 0 Å². The molecule has 2 fully saturated rings. The first-order valence-electron chi connectivity index (χ1n) is 8.99. The van der Waals surface area contributed by atoms with Crippen LogP contribution in [0, 0.1) is 27.6 Å². The van der Waals surface area contributed by atoms with Crippen LogP contribution in [0.3, 0.4) is 0 Å². The van der Waals surface area contributed by atoms with Gasteiger partial charge >= 0.3 is 5.97 Å². The maximum Gasteiger partial charge on any atom is 0.312 e. The van der Waals surface area contributed by atoms with Gasteiger partial charge in [0.1, 0.15) is 5.60 Å². The van der Waals surface area contributed by atoms with Gasteiger partial charge in [0.05, 0.1) is 5.41 Å². The molecule has 128 valence electrons. The smallest absolute Gasteiger partial charge is 0.312 e. The van der Waals surface area contributed by atoms with Gasteiger partial charge in [0.15, 0.2) is 0 Å². The van der Waals surface area contributed by atoms with E-state index in [0.717, 1.165) is 12.8 Å². The minimum Gasteiger partial charge on any atom is -0.457 e. The van der Waals surface area contributed by atoms with Crippen LogP contribution >= 0.6 is 0 Å². The van der Waals surface area contributed by atoms with Crippen molar-refractivity contribution in [3.8, 4) is 0 Å². The van der Waals surface area contributed by atoms with E-state index in [1.165, 1.54) is 12.8 Å². The van der Waals surface area contributed by atoms with Crippen LogP contribution in [-0.4, -0.2) is 11.6 Å². The molecule has 2 aliphatic carbocycles. The summed E-state index contributed by atoms with van der Waals surface area (Å²) in [7, 11) is 0. The molecule has 0 saturated heterocycles. The van der Waals surface area contributed by atoms with Gasteiger partial charge in [0, 0.05) is 10.8 Å². The Morgan fingerprint density at radius 2 is 1.68 bits per heavy atom. The summed E-state index contributed by atoms with van der Waals surface area (Å²) in [5.74, 6) is 0.642. The van der Waals surface area contributed by atoms with Crippen molar-refractivity contribution in [2.75, 3.05) is 0 Å². The summed E-state index contributed by atoms with van der Waals surface area (Å²) in [4.78, 5) is 12.9. The minimum atomic E-state index is -0.402. The molecule has 0 aliphatic heterocycles. The molecule has 2 aliphatic rings. The fraction of sp³-hybridized carbons (Fsp3) is 0.950. The number of esters is 1. The van der Waals surface area contributed by atoms with Gasteiger partial charge in [-0.2, -0.15) is 0 Å². The Hall–Kier alpha value is -0.530. The van der Waals surface area contributed by atoms with Gasteiger partial charge < -0.3 is 4.74 Å². The van der Waals surface area contributed by atoms with Crippen LogP contribution in [0.5, 0.6) is 0 Å². The van der Waals surface area contributed by atoms with E-state index in [9.17, 15) is 4.79 Å². The summed E-state index contributed by atoms with van der Waals surface area (Å²) in [5.41, 5.74) is -0.510. The Balaban J connectivity index is 2.48. The molecule has 0 aromatic heterocycles. The van der Waals surface area contributed by atoms with Gasteiger partial charge in [-0.05, 0) is 50.9 Å². The van der Waals surface area contributed by atoms with Crippen LogP contribution in [0.25, 0.3) is 0 Å². The average Bonchev–Trinajstić information content (AvgIpc) is 2.69. The van der Waals surface area contributed by atoms with E-state index < -0.39 is 5.41 Å². The highest BCUT2D eigenvalue weighted by Gasteiger charge is 2.74. The molecular weight excluding hydrogens is 272 g/mol. The third kappa shape index (κ3) is 2.01. The van der Waals surface area contributed by atoms with E-state index in [-0.39, 0.29) is 27.8 Å². The zero-order valence-electron chi connectivity index (χ0n) is 16.2. The summed E-state index contributed by atoms with van der Waals surface area (Å²) >= 11 is 0. The monoisotopic (exact) mass is 308 g/mol. The van der Waals surface area contributed by atoms with E-state index in [2.05, 4.69) is 48.5 Å². The average molecular weight is 309 g/mol. The van der Waals surface area contributed by atoms with Gasteiger partial charge in [0.25, 0.3) is 0 Å². The van der Waals surface area contributed by atoms with E-state index >= 15 is 0 Å². The third-order valence-corrected chi connectivity index (χ3v) is 7.78. The molecule has 0 aromatic carbocycles. The molecule has 0 N–H and O–H groups in total. The highest BCUT2D eigenvalue weighted by molar-refractivity contribution is 5.76. The van der Waals surface area contributed by atoms with Crippen molar-refractivity contribution in [3.63, 3.8) is 0 Å². The molecule has 0 spiro atoms. The Kier molecular flexibility index (Phi) is 3.84. The number of fused-ring (bicyclic) bond motifs is 2. The molecule has 3 unspecified atom stereocenters. The minimum absolute atomic E-state index is 0.0190.